The highest BCUT2D eigenvalue weighted by molar-refractivity contribution is 5.32. The number of nitrogens with two attached hydrogens (primary N) is 1. The molecule has 2 aromatic heterocycles. The van der Waals surface area contributed by atoms with Gasteiger partial charge in [-0.25, -0.2) is 9.37 Å². The molecule has 0 radical (unpaired) electrons. The molecule has 2 rings (SSSR count). The molecule has 0 aliphatic rings. The minimum atomic E-state index is -0.988. The SMILES string of the molecule is Nc1cc(CC(O)c2ncccc2F)ccn1. The standard InChI is InChI=1S/C12H12FN3O/c13-9-2-1-4-16-12(9)10(17)6-8-3-5-15-11(14)7-8/h1-5,7,10,17H,6H2,(H2,14,15). The van der Waals surface area contributed by atoms with E-state index in [1.165, 1.54) is 18.3 Å². The largest absolute Gasteiger partial charge is 0.386 e. The first-order chi connectivity index (χ1) is 8.16. The average Bonchev–Trinajstić information content (AvgIpc) is 2.29. The molecule has 0 aliphatic carbocycles. The summed E-state index contributed by atoms with van der Waals surface area (Å²) in [6, 6.07) is 6.12. The van der Waals surface area contributed by atoms with Crippen molar-refractivity contribution in [1.29, 1.82) is 0 Å². The summed E-state index contributed by atoms with van der Waals surface area (Å²) < 4.78 is 13.4. The highest BCUT2D eigenvalue weighted by Crippen LogP contribution is 2.19. The Hall–Kier alpha value is -2.01. The van der Waals surface area contributed by atoms with Crippen molar-refractivity contribution in [2.45, 2.75) is 12.5 Å². The lowest BCUT2D eigenvalue weighted by Crippen LogP contribution is -2.07. The van der Waals surface area contributed by atoms with Gasteiger partial charge in [0.25, 0.3) is 0 Å². The van der Waals surface area contributed by atoms with Gasteiger partial charge in [0.05, 0.1) is 0 Å². The summed E-state index contributed by atoms with van der Waals surface area (Å²) in [7, 11) is 0. The lowest BCUT2D eigenvalue weighted by atomic mass is 10.1. The molecule has 17 heavy (non-hydrogen) atoms. The predicted octanol–water partition coefficient (Wildman–Crippen LogP) is 1.47. The van der Waals surface area contributed by atoms with E-state index in [0.717, 1.165) is 5.56 Å². The maximum absolute atomic E-state index is 13.4. The van der Waals surface area contributed by atoms with Crippen molar-refractivity contribution in [3.63, 3.8) is 0 Å². The third-order valence-electron chi connectivity index (χ3n) is 2.38. The monoisotopic (exact) mass is 233 g/mol. The van der Waals surface area contributed by atoms with Crippen LogP contribution in [0.1, 0.15) is 17.4 Å². The number of pyridine rings is 2. The number of aliphatic hydroxyl groups is 1. The fourth-order valence-corrected chi connectivity index (χ4v) is 1.58. The third kappa shape index (κ3) is 2.76. The van der Waals surface area contributed by atoms with Crippen LogP contribution in [-0.4, -0.2) is 15.1 Å². The number of rotatable bonds is 3. The van der Waals surface area contributed by atoms with Crippen molar-refractivity contribution in [3.8, 4) is 0 Å². The highest BCUT2D eigenvalue weighted by atomic mass is 19.1. The Morgan fingerprint density at radius 2 is 2.12 bits per heavy atom. The normalized spacial score (nSPS) is 12.4. The van der Waals surface area contributed by atoms with Gasteiger partial charge in [0, 0.05) is 18.8 Å². The molecule has 2 aromatic rings. The molecular formula is C12H12FN3O. The van der Waals surface area contributed by atoms with E-state index in [1.807, 2.05) is 0 Å². The summed E-state index contributed by atoms with van der Waals surface area (Å²) in [6.07, 6.45) is 2.26. The molecule has 0 aromatic carbocycles. The number of nitrogen functional groups attached to an aromatic ring is 1. The smallest absolute Gasteiger partial charge is 0.147 e. The Morgan fingerprint density at radius 3 is 2.82 bits per heavy atom. The van der Waals surface area contributed by atoms with Crippen molar-refractivity contribution in [2.75, 3.05) is 5.73 Å². The van der Waals surface area contributed by atoms with Crippen LogP contribution in [-0.2, 0) is 6.42 Å². The molecule has 0 spiro atoms. The minimum Gasteiger partial charge on any atom is -0.386 e. The first kappa shape index (κ1) is 11.5. The molecule has 0 aliphatic heterocycles. The lowest BCUT2D eigenvalue weighted by molar-refractivity contribution is 0.168. The molecule has 0 fully saturated rings. The van der Waals surface area contributed by atoms with Crippen LogP contribution < -0.4 is 5.73 Å². The molecule has 0 bridgehead atoms. The second kappa shape index (κ2) is 4.88. The molecule has 0 amide bonds. The van der Waals surface area contributed by atoms with E-state index in [0.29, 0.717) is 5.82 Å². The van der Waals surface area contributed by atoms with E-state index in [2.05, 4.69) is 9.97 Å². The summed E-state index contributed by atoms with van der Waals surface area (Å²) in [5, 5.41) is 9.88. The second-order valence-corrected chi connectivity index (χ2v) is 3.68. The van der Waals surface area contributed by atoms with Gasteiger partial charge in [-0.3, -0.25) is 4.98 Å². The summed E-state index contributed by atoms with van der Waals surface area (Å²) >= 11 is 0. The van der Waals surface area contributed by atoms with E-state index in [-0.39, 0.29) is 12.1 Å². The molecule has 88 valence electrons. The van der Waals surface area contributed by atoms with E-state index in [1.54, 1.807) is 18.3 Å². The molecule has 1 atom stereocenters. The van der Waals surface area contributed by atoms with E-state index >= 15 is 0 Å². The van der Waals surface area contributed by atoms with E-state index in [4.69, 9.17) is 5.73 Å². The predicted molar refractivity (Wildman–Crippen MR) is 61.5 cm³/mol. The van der Waals surface area contributed by atoms with Crippen LogP contribution in [0.4, 0.5) is 10.2 Å². The van der Waals surface area contributed by atoms with Crippen LogP contribution in [0, 0.1) is 5.82 Å². The van der Waals surface area contributed by atoms with Crippen LogP contribution in [0.2, 0.25) is 0 Å². The van der Waals surface area contributed by atoms with Crippen LogP contribution >= 0.6 is 0 Å². The van der Waals surface area contributed by atoms with Crippen LogP contribution in [0.3, 0.4) is 0 Å². The fraction of sp³-hybridized carbons (Fsp3) is 0.167. The Bertz CT molecular complexity index is 519. The maximum atomic E-state index is 13.4. The van der Waals surface area contributed by atoms with Gasteiger partial charge in [0.1, 0.15) is 23.4 Å². The van der Waals surface area contributed by atoms with E-state index < -0.39 is 11.9 Å². The number of aliphatic hydroxyl groups excluding tert-OH is 1. The summed E-state index contributed by atoms with van der Waals surface area (Å²) in [5.41, 5.74) is 6.35. The average molecular weight is 233 g/mol. The molecule has 0 saturated heterocycles. The first-order valence-electron chi connectivity index (χ1n) is 5.15. The number of hydrogen-bond acceptors (Lipinski definition) is 4. The van der Waals surface area contributed by atoms with Gasteiger partial charge in [0.15, 0.2) is 0 Å². The van der Waals surface area contributed by atoms with Crippen molar-refractivity contribution in [2.24, 2.45) is 0 Å². The number of hydrogen-bond donors (Lipinski definition) is 2. The molecule has 1 unspecified atom stereocenters. The Morgan fingerprint density at radius 1 is 1.29 bits per heavy atom. The Kier molecular flexibility index (Phi) is 3.30. The second-order valence-electron chi connectivity index (χ2n) is 3.68. The number of aromatic nitrogens is 2. The van der Waals surface area contributed by atoms with Crippen molar-refractivity contribution >= 4 is 5.82 Å². The van der Waals surface area contributed by atoms with Gasteiger partial charge in [-0.1, -0.05) is 0 Å². The molecule has 2 heterocycles. The minimum absolute atomic E-state index is 0.0443. The van der Waals surface area contributed by atoms with Gasteiger partial charge >= 0.3 is 0 Å². The first-order valence-corrected chi connectivity index (χ1v) is 5.15. The number of nitrogens with zero attached hydrogens (tertiary/aromatic N) is 2. The molecule has 0 saturated carbocycles. The quantitative estimate of drug-likeness (QED) is 0.842. The van der Waals surface area contributed by atoms with Gasteiger partial charge in [0.2, 0.25) is 0 Å². The third-order valence-corrected chi connectivity index (χ3v) is 2.38. The maximum Gasteiger partial charge on any atom is 0.147 e. The summed E-state index contributed by atoms with van der Waals surface area (Å²) in [5.74, 6) is -0.141. The van der Waals surface area contributed by atoms with Crippen LogP contribution in [0.15, 0.2) is 36.7 Å². The molecule has 3 N–H and O–H groups in total. The van der Waals surface area contributed by atoms with Gasteiger partial charge in [-0.2, -0.15) is 0 Å². The fourth-order valence-electron chi connectivity index (χ4n) is 1.58. The molecule has 4 nitrogen and oxygen atoms in total. The molecular weight excluding hydrogens is 221 g/mol. The van der Waals surface area contributed by atoms with Gasteiger partial charge < -0.3 is 10.8 Å². The zero-order chi connectivity index (χ0) is 12.3. The topological polar surface area (TPSA) is 72.0 Å². The van der Waals surface area contributed by atoms with Crippen molar-refractivity contribution < 1.29 is 9.50 Å². The summed E-state index contributed by atoms with van der Waals surface area (Å²) in [6.45, 7) is 0. The van der Waals surface area contributed by atoms with Crippen molar-refractivity contribution in [3.05, 3.63) is 53.7 Å². The zero-order valence-corrected chi connectivity index (χ0v) is 9.05. The summed E-state index contributed by atoms with van der Waals surface area (Å²) in [4.78, 5) is 7.67. The zero-order valence-electron chi connectivity index (χ0n) is 9.05. The Balaban J connectivity index is 2.17. The van der Waals surface area contributed by atoms with Crippen molar-refractivity contribution in [1.82, 2.24) is 9.97 Å². The van der Waals surface area contributed by atoms with Crippen LogP contribution in [0.25, 0.3) is 0 Å². The highest BCUT2D eigenvalue weighted by Gasteiger charge is 2.14. The van der Waals surface area contributed by atoms with E-state index in [9.17, 15) is 9.50 Å². The molecule has 5 heteroatoms. The Labute approximate surface area is 98.0 Å². The number of halogens is 1. The van der Waals surface area contributed by atoms with Crippen LogP contribution in [0.5, 0.6) is 0 Å². The lowest BCUT2D eigenvalue weighted by Gasteiger charge is -2.10. The van der Waals surface area contributed by atoms with Gasteiger partial charge in [-0.15, -0.1) is 0 Å². The van der Waals surface area contributed by atoms with Gasteiger partial charge in [-0.05, 0) is 29.8 Å². The number of anilines is 1.